The van der Waals surface area contributed by atoms with Crippen LogP contribution < -0.4 is 10.6 Å². The highest BCUT2D eigenvalue weighted by Crippen LogP contribution is 2.14. The van der Waals surface area contributed by atoms with E-state index in [0.29, 0.717) is 12.4 Å². The van der Waals surface area contributed by atoms with E-state index in [1.807, 2.05) is 24.3 Å². The first-order valence-electron chi connectivity index (χ1n) is 4.40. The molecule has 0 unspecified atom stereocenters. The molecule has 0 aliphatic heterocycles. The van der Waals surface area contributed by atoms with Crippen molar-refractivity contribution in [3.63, 3.8) is 0 Å². The van der Waals surface area contributed by atoms with Gasteiger partial charge in [0.25, 0.3) is 0 Å². The van der Waals surface area contributed by atoms with Crippen LogP contribution >= 0.6 is 11.6 Å². The first kappa shape index (κ1) is 10.9. The maximum atomic E-state index is 10.8. The second-order valence-electron chi connectivity index (χ2n) is 2.88. The largest absolute Gasteiger partial charge is 0.384 e. The van der Waals surface area contributed by atoms with Gasteiger partial charge in [-0.15, -0.1) is 11.6 Å². The van der Waals surface area contributed by atoms with Crippen molar-refractivity contribution in [2.24, 2.45) is 0 Å². The highest BCUT2D eigenvalue weighted by molar-refractivity contribution is 6.18. The number of hydrogen-bond acceptors (Lipinski definition) is 2. The Morgan fingerprint density at radius 2 is 2.14 bits per heavy atom. The molecule has 1 aromatic rings. The summed E-state index contributed by atoms with van der Waals surface area (Å²) in [5, 5.41) is 5.83. The zero-order valence-corrected chi connectivity index (χ0v) is 8.77. The summed E-state index contributed by atoms with van der Waals surface area (Å²) in [6.45, 7) is 2.20. The summed E-state index contributed by atoms with van der Waals surface area (Å²) in [5.41, 5.74) is 1.74. The minimum Gasteiger partial charge on any atom is -0.384 e. The monoisotopic (exact) mass is 212 g/mol. The normalized spacial score (nSPS) is 9.57. The number of nitrogens with one attached hydrogen (secondary N) is 2. The number of alkyl halides is 1. The van der Waals surface area contributed by atoms with Gasteiger partial charge in [0.2, 0.25) is 5.91 Å². The standard InChI is InChI=1S/C10H13ClN2O/c1-8(14)13-10-4-2-3-9(7-10)12-6-5-11/h2-4,7,12H,5-6H2,1H3,(H,13,14). The minimum atomic E-state index is -0.0699. The van der Waals surface area contributed by atoms with Crippen LogP contribution in [0.15, 0.2) is 24.3 Å². The average molecular weight is 213 g/mol. The van der Waals surface area contributed by atoms with E-state index < -0.39 is 0 Å². The van der Waals surface area contributed by atoms with Crippen molar-refractivity contribution >= 4 is 28.9 Å². The quantitative estimate of drug-likeness (QED) is 0.752. The zero-order valence-electron chi connectivity index (χ0n) is 8.01. The van der Waals surface area contributed by atoms with Gasteiger partial charge in [-0.1, -0.05) is 6.07 Å². The van der Waals surface area contributed by atoms with Gasteiger partial charge in [-0.05, 0) is 18.2 Å². The van der Waals surface area contributed by atoms with E-state index in [1.165, 1.54) is 6.92 Å². The number of hydrogen-bond donors (Lipinski definition) is 2. The van der Waals surface area contributed by atoms with Gasteiger partial charge in [-0.2, -0.15) is 0 Å². The maximum absolute atomic E-state index is 10.8. The third kappa shape index (κ3) is 3.66. The first-order valence-corrected chi connectivity index (χ1v) is 4.93. The Hall–Kier alpha value is -1.22. The van der Waals surface area contributed by atoms with Crippen molar-refractivity contribution < 1.29 is 4.79 Å². The number of amides is 1. The van der Waals surface area contributed by atoms with Crippen LogP contribution in [-0.2, 0) is 4.79 Å². The average Bonchev–Trinajstić information content (AvgIpc) is 2.14. The van der Waals surface area contributed by atoms with Crippen molar-refractivity contribution in [3.8, 4) is 0 Å². The molecule has 4 heteroatoms. The smallest absolute Gasteiger partial charge is 0.221 e. The number of carbonyl (C=O) groups excluding carboxylic acids is 1. The fourth-order valence-electron chi connectivity index (χ4n) is 1.10. The van der Waals surface area contributed by atoms with Gasteiger partial charge in [0, 0.05) is 30.7 Å². The van der Waals surface area contributed by atoms with Crippen LogP contribution in [0.1, 0.15) is 6.92 Å². The molecule has 1 rings (SSSR count). The Kier molecular flexibility index (Phi) is 4.26. The molecule has 1 aromatic carbocycles. The SMILES string of the molecule is CC(=O)Nc1cccc(NCCCl)c1. The Morgan fingerprint density at radius 3 is 2.79 bits per heavy atom. The van der Waals surface area contributed by atoms with Gasteiger partial charge in [-0.3, -0.25) is 4.79 Å². The van der Waals surface area contributed by atoms with Crippen molar-refractivity contribution in [2.75, 3.05) is 23.1 Å². The van der Waals surface area contributed by atoms with E-state index in [0.717, 1.165) is 11.4 Å². The third-order valence-electron chi connectivity index (χ3n) is 1.61. The minimum absolute atomic E-state index is 0.0699. The maximum Gasteiger partial charge on any atom is 0.221 e. The van der Waals surface area contributed by atoms with E-state index >= 15 is 0 Å². The lowest BCUT2D eigenvalue weighted by molar-refractivity contribution is -0.114. The lowest BCUT2D eigenvalue weighted by Crippen LogP contribution is -2.07. The molecule has 0 bridgehead atoms. The van der Waals surface area contributed by atoms with Crippen molar-refractivity contribution in [3.05, 3.63) is 24.3 Å². The Labute approximate surface area is 88.5 Å². The summed E-state index contributed by atoms with van der Waals surface area (Å²) < 4.78 is 0. The van der Waals surface area contributed by atoms with Gasteiger partial charge in [0.05, 0.1) is 0 Å². The molecule has 0 saturated heterocycles. The predicted octanol–water partition coefficient (Wildman–Crippen LogP) is 2.30. The number of rotatable bonds is 4. The predicted molar refractivity (Wildman–Crippen MR) is 60.0 cm³/mol. The van der Waals surface area contributed by atoms with Gasteiger partial charge >= 0.3 is 0 Å². The van der Waals surface area contributed by atoms with Gasteiger partial charge in [-0.25, -0.2) is 0 Å². The molecule has 1 amide bonds. The highest BCUT2D eigenvalue weighted by Gasteiger charge is 1.96. The van der Waals surface area contributed by atoms with Crippen LogP contribution in [0.25, 0.3) is 0 Å². The Balaban J connectivity index is 2.63. The van der Waals surface area contributed by atoms with Crippen molar-refractivity contribution in [1.29, 1.82) is 0 Å². The van der Waals surface area contributed by atoms with Crippen LogP contribution in [0, 0.1) is 0 Å². The molecular formula is C10H13ClN2O. The summed E-state index contributed by atoms with van der Waals surface area (Å²) in [4.78, 5) is 10.8. The summed E-state index contributed by atoms with van der Waals surface area (Å²) in [5.74, 6) is 0.490. The second-order valence-corrected chi connectivity index (χ2v) is 3.26. The summed E-state index contributed by atoms with van der Waals surface area (Å²) in [6, 6.07) is 7.51. The molecule has 0 saturated carbocycles. The molecule has 0 aromatic heterocycles. The lowest BCUT2D eigenvalue weighted by Gasteiger charge is -2.06. The molecule has 0 heterocycles. The van der Waals surface area contributed by atoms with E-state index in [-0.39, 0.29) is 5.91 Å². The summed E-state index contributed by atoms with van der Waals surface area (Å²) in [7, 11) is 0. The number of anilines is 2. The van der Waals surface area contributed by atoms with E-state index in [4.69, 9.17) is 11.6 Å². The molecular weight excluding hydrogens is 200 g/mol. The molecule has 0 aliphatic carbocycles. The van der Waals surface area contributed by atoms with Crippen LogP contribution in [0.4, 0.5) is 11.4 Å². The van der Waals surface area contributed by atoms with Crippen LogP contribution in [-0.4, -0.2) is 18.3 Å². The molecule has 2 N–H and O–H groups in total. The fourth-order valence-corrected chi connectivity index (χ4v) is 1.20. The zero-order chi connectivity index (χ0) is 10.4. The second kappa shape index (κ2) is 5.50. The summed E-state index contributed by atoms with van der Waals surface area (Å²) in [6.07, 6.45) is 0. The molecule has 76 valence electrons. The molecule has 0 aliphatic rings. The van der Waals surface area contributed by atoms with Crippen LogP contribution in [0.5, 0.6) is 0 Å². The number of halogens is 1. The number of carbonyl (C=O) groups is 1. The van der Waals surface area contributed by atoms with Crippen molar-refractivity contribution in [1.82, 2.24) is 0 Å². The highest BCUT2D eigenvalue weighted by atomic mass is 35.5. The molecule has 3 nitrogen and oxygen atoms in total. The molecule has 0 atom stereocenters. The fraction of sp³-hybridized carbons (Fsp3) is 0.300. The number of benzene rings is 1. The Morgan fingerprint density at radius 1 is 1.43 bits per heavy atom. The Bertz CT molecular complexity index is 315. The summed E-state index contributed by atoms with van der Waals surface area (Å²) >= 11 is 5.54. The van der Waals surface area contributed by atoms with E-state index in [2.05, 4.69) is 10.6 Å². The van der Waals surface area contributed by atoms with Gasteiger partial charge in [0.15, 0.2) is 0 Å². The topological polar surface area (TPSA) is 41.1 Å². The molecule has 0 fully saturated rings. The van der Waals surface area contributed by atoms with Gasteiger partial charge in [0.1, 0.15) is 0 Å². The lowest BCUT2D eigenvalue weighted by atomic mass is 10.2. The van der Waals surface area contributed by atoms with Crippen LogP contribution in [0.2, 0.25) is 0 Å². The van der Waals surface area contributed by atoms with Gasteiger partial charge < -0.3 is 10.6 Å². The molecule has 0 radical (unpaired) electrons. The third-order valence-corrected chi connectivity index (χ3v) is 1.80. The van der Waals surface area contributed by atoms with Crippen molar-refractivity contribution in [2.45, 2.75) is 6.92 Å². The van der Waals surface area contributed by atoms with Crippen LogP contribution in [0.3, 0.4) is 0 Å². The first-order chi connectivity index (χ1) is 6.72. The molecule has 0 spiro atoms. The van der Waals surface area contributed by atoms with E-state index in [1.54, 1.807) is 0 Å². The molecule has 14 heavy (non-hydrogen) atoms. The van der Waals surface area contributed by atoms with E-state index in [9.17, 15) is 4.79 Å².